The van der Waals surface area contributed by atoms with Crippen LogP contribution in [0.5, 0.6) is 0 Å². The molecule has 3 unspecified atom stereocenters. The van der Waals surface area contributed by atoms with Crippen LogP contribution in [-0.2, 0) is 39.1 Å². The zero-order valence-electron chi connectivity index (χ0n) is 22.8. The second kappa shape index (κ2) is 12.2. The number of rotatable bonds is 10. The van der Waals surface area contributed by atoms with Gasteiger partial charge < -0.3 is 28.5 Å². The van der Waals surface area contributed by atoms with Gasteiger partial charge in [-0.3, -0.25) is 14.9 Å². The van der Waals surface area contributed by atoms with E-state index in [9.17, 15) is 14.7 Å². The molecule has 1 aliphatic rings. The zero-order chi connectivity index (χ0) is 27.4. The van der Waals surface area contributed by atoms with Crippen molar-refractivity contribution in [1.29, 1.82) is 0 Å². The number of aromatic nitrogens is 3. The third kappa shape index (κ3) is 6.50. The van der Waals surface area contributed by atoms with Gasteiger partial charge in [-0.25, -0.2) is 4.98 Å². The van der Waals surface area contributed by atoms with Crippen molar-refractivity contribution in [3.8, 4) is 11.4 Å². The fourth-order valence-corrected chi connectivity index (χ4v) is 4.55. The van der Waals surface area contributed by atoms with E-state index in [-0.39, 0.29) is 17.6 Å². The molecule has 0 amide bonds. The third-order valence-electron chi connectivity index (χ3n) is 6.53. The Balaban J connectivity index is 1.64. The van der Waals surface area contributed by atoms with Crippen LogP contribution in [0.2, 0.25) is 0 Å². The standard InChI is InChI=1S/C28H38N4O6/c1-17(2)15-38-28(35)25(19(4)33)29-12-20-6-7-24-23(11-20)30-26(21-10-18(3)27(34)31(5)13-21)32(24)14-22-16-36-8-9-37-22/h6-7,10-11,13,17,19,22,25,29,33H,8-9,12,14-16H2,1-5H3. The van der Waals surface area contributed by atoms with E-state index < -0.39 is 18.1 Å². The van der Waals surface area contributed by atoms with E-state index in [1.54, 1.807) is 31.7 Å². The number of benzene rings is 1. The Hall–Kier alpha value is -3.05. The van der Waals surface area contributed by atoms with E-state index in [4.69, 9.17) is 19.2 Å². The summed E-state index contributed by atoms with van der Waals surface area (Å²) in [6.07, 6.45) is 0.775. The first kappa shape index (κ1) is 28.0. The number of aliphatic hydroxyl groups excluding tert-OH is 1. The highest BCUT2D eigenvalue weighted by molar-refractivity contribution is 5.81. The molecule has 0 aliphatic carbocycles. The second-order valence-corrected chi connectivity index (χ2v) is 10.4. The number of nitrogens with one attached hydrogen (secondary N) is 1. The number of fused-ring (bicyclic) bond motifs is 1. The Kier molecular flexibility index (Phi) is 8.99. The lowest BCUT2D eigenvalue weighted by Gasteiger charge is -2.24. The van der Waals surface area contributed by atoms with Gasteiger partial charge in [0.1, 0.15) is 11.9 Å². The Morgan fingerprint density at radius 1 is 1.26 bits per heavy atom. The molecule has 3 heterocycles. The predicted molar refractivity (Wildman–Crippen MR) is 144 cm³/mol. The lowest BCUT2D eigenvalue weighted by Crippen LogP contribution is -2.45. The summed E-state index contributed by atoms with van der Waals surface area (Å²) < 4.78 is 20.5. The maximum absolute atomic E-state index is 12.5. The number of carbonyl (C=O) groups is 1. The normalized spacial score (nSPS) is 17.6. The smallest absolute Gasteiger partial charge is 0.325 e. The van der Waals surface area contributed by atoms with Gasteiger partial charge in [-0.2, -0.15) is 0 Å². The maximum atomic E-state index is 12.5. The van der Waals surface area contributed by atoms with Gasteiger partial charge in [0.25, 0.3) is 5.56 Å². The Bertz CT molecular complexity index is 1300. The Labute approximate surface area is 222 Å². The lowest BCUT2D eigenvalue weighted by atomic mass is 10.1. The van der Waals surface area contributed by atoms with E-state index >= 15 is 0 Å². The third-order valence-corrected chi connectivity index (χ3v) is 6.53. The first-order valence-electron chi connectivity index (χ1n) is 13.1. The molecule has 0 bridgehead atoms. The van der Waals surface area contributed by atoms with Crippen LogP contribution in [0.1, 0.15) is 31.9 Å². The molecule has 1 saturated heterocycles. The molecule has 10 heteroatoms. The van der Waals surface area contributed by atoms with Crippen molar-refractivity contribution >= 4 is 17.0 Å². The fraction of sp³-hybridized carbons (Fsp3) is 0.536. The van der Waals surface area contributed by atoms with Crippen LogP contribution in [0.25, 0.3) is 22.4 Å². The molecule has 1 aromatic carbocycles. The van der Waals surface area contributed by atoms with Crippen LogP contribution < -0.4 is 10.9 Å². The van der Waals surface area contributed by atoms with E-state index in [0.29, 0.717) is 45.1 Å². The lowest BCUT2D eigenvalue weighted by molar-refractivity contribution is -0.150. The largest absolute Gasteiger partial charge is 0.464 e. The summed E-state index contributed by atoms with van der Waals surface area (Å²) in [5.41, 5.74) is 4.03. The van der Waals surface area contributed by atoms with Crippen molar-refractivity contribution in [3.05, 3.63) is 51.9 Å². The van der Waals surface area contributed by atoms with E-state index in [1.807, 2.05) is 38.1 Å². The average Bonchev–Trinajstić information content (AvgIpc) is 3.23. The minimum atomic E-state index is -0.908. The SMILES string of the molecule is Cc1cc(-c2nc3cc(CNC(C(=O)OCC(C)C)C(C)O)ccc3n2CC2COCCO2)cn(C)c1=O. The highest BCUT2D eigenvalue weighted by atomic mass is 16.6. The van der Waals surface area contributed by atoms with Crippen LogP contribution in [0.3, 0.4) is 0 Å². The Morgan fingerprint density at radius 3 is 2.71 bits per heavy atom. The molecule has 1 aliphatic heterocycles. The average molecular weight is 527 g/mol. The van der Waals surface area contributed by atoms with Crippen molar-refractivity contribution in [1.82, 2.24) is 19.4 Å². The van der Waals surface area contributed by atoms with Crippen molar-refractivity contribution < 1.29 is 24.1 Å². The topological polar surface area (TPSA) is 117 Å². The molecule has 0 saturated carbocycles. The number of imidazole rings is 1. The molecule has 3 aromatic rings. The van der Waals surface area contributed by atoms with Crippen molar-refractivity contribution in [2.75, 3.05) is 26.4 Å². The van der Waals surface area contributed by atoms with E-state index in [0.717, 1.165) is 28.0 Å². The fourth-order valence-electron chi connectivity index (χ4n) is 4.55. The number of nitrogens with zero attached hydrogens (tertiary/aromatic N) is 3. The van der Waals surface area contributed by atoms with E-state index in [2.05, 4.69) is 9.88 Å². The van der Waals surface area contributed by atoms with Gasteiger partial charge in [0.15, 0.2) is 0 Å². The van der Waals surface area contributed by atoms with Crippen molar-refractivity contribution in [2.45, 2.75) is 59.0 Å². The molecule has 0 spiro atoms. The van der Waals surface area contributed by atoms with Gasteiger partial charge in [0.05, 0.1) is 56.2 Å². The maximum Gasteiger partial charge on any atom is 0.325 e. The molecule has 206 valence electrons. The summed E-state index contributed by atoms with van der Waals surface area (Å²) in [5, 5.41) is 13.3. The first-order chi connectivity index (χ1) is 18.1. The number of esters is 1. The molecule has 0 radical (unpaired) electrons. The van der Waals surface area contributed by atoms with Gasteiger partial charge in [0.2, 0.25) is 0 Å². The van der Waals surface area contributed by atoms with Crippen LogP contribution in [-0.4, -0.2) is 69.9 Å². The number of hydrogen-bond acceptors (Lipinski definition) is 8. The van der Waals surface area contributed by atoms with Crippen LogP contribution in [0.15, 0.2) is 35.3 Å². The minimum Gasteiger partial charge on any atom is -0.464 e. The molecule has 2 N–H and O–H groups in total. The molecular weight excluding hydrogens is 488 g/mol. The van der Waals surface area contributed by atoms with Crippen molar-refractivity contribution in [2.24, 2.45) is 13.0 Å². The summed E-state index contributed by atoms with van der Waals surface area (Å²) in [6.45, 7) is 10.1. The highest BCUT2D eigenvalue weighted by Gasteiger charge is 2.25. The van der Waals surface area contributed by atoms with Gasteiger partial charge in [-0.05, 0) is 43.5 Å². The van der Waals surface area contributed by atoms with Gasteiger partial charge in [-0.1, -0.05) is 19.9 Å². The van der Waals surface area contributed by atoms with E-state index in [1.165, 1.54) is 0 Å². The summed E-state index contributed by atoms with van der Waals surface area (Å²) in [6, 6.07) is 6.95. The Morgan fingerprint density at radius 2 is 2.05 bits per heavy atom. The summed E-state index contributed by atoms with van der Waals surface area (Å²) in [5.74, 6) is 0.472. The minimum absolute atomic E-state index is 0.0478. The number of aryl methyl sites for hydroxylation is 2. The number of aliphatic hydroxyl groups is 1. The zero-order valence-corrected chi connectivity index (χ0v) is 22.8. The molecule has 1 fully saturated rings. The summed E-state index contributed by atoms with van der Waals surface area (Å²) in [4.78, 5) is 29.7. The molecule has 4 rings (SSSR count). The number of pyridine rings is 1. The van der Waals surface area contributed by atoms with Crippen molar-refractivity contribution in [3.63, 3.8) is 0 Å². The van der Waals surface area contributed by atoms with Crippen LogP contribution >= 0.6 is 0 Å². The van der Waals surface area contributed by atoms with Gasteiger partial charge in [-0.15, -0.1) is 0 Å². The number of hydrogen-bond donors (Lipinski definition) is 2. The van der Waals surface area contributed by atoms with Crippen LogP contribution in [0.4, 0.5) is 0 Å². The van der Waals surface area contributed by atoms with Crippen LogP contribution in [0, 0.1) is 12.8 Å². The molecule has 10 nitrogen and oxygen atoms in total. The number of ether oxygens (including phenoxy) is 3. The predicted octanol–water partition coefficient (Wildman–Crippen LogP) is 2.16. The molecule has 38 heavy (non-hydrogen) atoms. The summed E-state index contributed by atoms with van der Waals surface area (Å²) >= 11 is 0. The molecular formula is C28H38N4O6. The quantitative estimate of drug-likeness (QED) is 0.386. The monoisotopic (exact) mass is 526 g/mol. The second-order valence-electron chi connectivity index (χ2n) is 10.4. The number of carbonyl (C=O) groups excluding carboxylic acids is 1. The molecule has 2 aromatic heterocycles. The highest BCUT2D eigenvalue weighted by Crippen LogP contribution is 2.27. The van der Waals surface area contributed by atoms with Gasteiger partial charge >= 0.3 is 5.97 Å². The molecule has 3 atom stereocenters. The summed E-state index contributed by atoms with van der Waals surface area (Å²) in [7, 11) is 1.73. The first-order valence-corrected chi connectivity index (χ1v) is 13.1. The van der Waals surface area contributed by atoms with Gasteiger partial charge in [0, 0.05) is 30.9 Å².